The van der Waals surface area contributed by atoms with Gasteiger partial charge < -0.3 is 15.2 Å². The van der Waals surface area contributed by atoms with Crippen LogP contribution in [-0.2, 0) is 4.74 Å². The van der Waals surface area contributed by atoms with Crippen LogP contribution in [-0.4, -0.2) is 47.2 Å². The second-order valence-electron chi connectivity index (χ2n) is 6.48. The first kappa shape index (κ1) is 17.9. The monoisotopic (exact) mass is 323 g/mol. The third-order valence-corrected chi connectivity index (χ3v) is 5.29. The van der Waals surface area contributed by atoms with Gasteiger partial charge in [0.05, 0.1) is 24.4 Å². The summed E-state index contributed by atoms with van der Waals surface area (Å²) in [5.41, 5.74) is 1.29. The van der Waals surface area contributed by atoms with Gasteiger partial charge in [0.2, 0.25) is 0 Å². The minimum atomic E-state index is -0.236. The molecule has 6 nitrogen and oxygen atoms in total. The fourth-order valence-electron chi connectivity index (χ4n) is 3.09. The summed E-state index contributed by atoms with van der Waals surface area (Å²) < 4.78 is 7.34. The summed E-state index contributed by atoms with van der Waals surface area (Å²) in [5, 5.41) is 17.0. The maximum absolute atomic E-state index is 12.5. The summed E-state index contributed by atoms with van der Waals surface area (Å²) in [4.78, 5) is 12.5. The van der Waals surface area contributed by atoms with Crippen LogP contribution >= 0.6 is 0 Å². The second-order valence-corrected chi connectivity index (χ2v) is 6.48. The smallest absolute Gasteiger partial charge is 0.254 e. The molecule has 130 valence electrons. The highest BCUT2D eigenvalue weighted by molar-refractivity contribution is 5.95. The average molecular weight is 323 g/mol. The highest BCUT2D eigenvalue weighted by Gasteiger charge is 2.27. The van der Waals surface area contributed by atoms with Crippen LogP contribution in [0.15, 0.2) is 6.20 Å². The van der Waals surface area contributed by atoms with Gasteiger partial charge in [0.1, 0.15) is 0 Å². The maximum atomic E-state index is 12.5. The molecule has 2 heterocycles. The molecule has 0 radical (unpaired) electrons. The zero-order valence-electron chi connectivity index (χ0n) is 14.5. The number of rotatable bonds is 7. The number of hydrogen-bond donors (Lipinski definition) is 2. The normalized spacial score (nSPS) is 16.5. The van der Waals surface area contributed by atoms with Crippen molar-refractivity contribution in [3.8, 4) is 0 Å². The van der Waals surface area contributed by atoms with E-state index in [1.807, 2.05) is 25.5 Å². The van der Waals surface area contributed by atoms with Gasteiger partial charge in [0.15, 0.2) is 0 Å². The van der Waals surface area contributed by atoms with E-state index in [1.54, 1.807) is 6.20 Å². The Morgan fingerprint density at radius 3 is 2.65 bits per heavy atom. The van der Waals surface area contributed by atoms with Crippen LogP contribution in [0.3, 0.4) is 0 Å². The molecular formula is C17H29N3O3. The largest absolute Gasteiger partial charge is 0.396 e. The summed E-state index contributed by atoms with van der Waals surface area (Å²) in [7, 11) is 0. The van der Waals surface area contributed by atoms with Crippen molar-refractivity contribution in [3.63, 3.8) is 0 Å². The van der Waals surface area contributed by atoms with Crippen LogP contribution in [0.4, 0.5) is 0 Å². The Labute approximate surface area is 138 Å². The van der Waals surface area contributed by atoms with E-state index in [-0.39, 0.29) is 17.9 Å². The van der Waals surface area contributed by atoms with Gasteiger partial charge in [0, 0.05) is 30.9 Å². The lowest BCUT2D eigenvalue weighted by atomic mass is 9.83. The molecule has 1 aromatic heterocycles. The van der Waals surface area contributed by atoms with E-state index in [1.165, 1.54) is 0 Å². The number of aromatic nitrogens is 2. The molecule has 6 heteroatoms. The van der Waals surface area contributed by atoms with Crippen LogP contribution in [0.25, 0.3) is 0 Å². The minimum Gasteiger partial charge on any atom is -0.396 e. The number of aliphatic hydroxyl groups is 1. The van der Waals surface area contributed by atoms with Crippen LogP contribution in [0.1, 0.15) is 61.6 Å². The molecule has 0 aromatic carbocycles. The minimum absolute atomic E-state index is 0.0839. The highest BCUT2D eigenvalue weighted by atomic mass is 16.5. The quantitative estimate of drug-likeness (QED) is 0.805. The molecule has 0 aliphatic carbocycles. The Bertz CT molecular complexity index is 509. The van der Waals surface area contributed by atoms with Crippen molar-refractivity contribution >= 4 is 5.91 Å². The first-order chi connectivity index (χ1) is 11.1. The summed E-state index contributed by atoms with van der Waals surface area (Å²) in [6.07, 6.45) is 5.19. The Morgan fingerprint density at radius 1 is 1.43 bits per heavy atom. The highest BCUT2D eigenvalue weighted by Crippen LogP contribution is 2.25. The van der Waals surface area contributed by atoms with Gasteiger partial charge in [0.25, 0.3) is 5.91 Å². The first-order valence-corrected chi connectivity index (χ1v) is 8.57. The van der Waals surface area contributed by atoms with E-state index < -0.39 is 0 Å². The predicted molar refractivity (Wildman–Crippen MR) is 88.5 cm³/mol. The Morgan fingerprint density at radius 2 is 2.09 bits per heavy atom. The Hall–Kier alpha value is -1.40. The van der Waals surface area contributed by atoms with E-state index in [2.05, 4.69) is 10.4 Å². The van der Waals surface area contributed by atoms with Gasteiger partial charge in [-0.2, -0.15) is 5.10 Å². The van der Waals surface area contributed by atoms with Crippen molar-refractivity contribution in [2.24, 2.45) is 5.41 Å². The van der Waals surface area contributed by atoms with Crippen LogP contribution in [0.5, 0.6) is 0 Å². The first-order valence-electron chi connectivity index (χ1n) is 8.57. The molecule has 2 N–H and O–H groups in total. The predicted octanol–water partition coefficient (Wildman–Crippen LogP) is 2.07. The zero-order valence-corrected chi connectivity index (χ0v) is 14.5. The summed E-state index contributed by atoms with van der Waals surface area (Å²) in [5.74, 6) is -0.111. The fraction of sp³-hybridized carbons (Fsp3) is 0.765. The van der Waals surface area contributed by atoms with Crippen molar-refractivity contribution < 1.29 is 14.6 Å². The number of hydrogen-bond acceptors (Lipinski definition) is 4. The SMILES string of the molecule is CCC(CC)(CO)CNC(=O)c1cnn(C2CCOCC2)c1C. The molecular weight excluding hydrogens is 294 g/mol. The Kier molecular flexibility index (Phi) is 6.18. The van der Waals surface area contributed by atoms with Crippen LogP contribution in [0.2, 0.25) is 0 Å². The van der Waals surface area contributed by atoms with Gasteiger partial charge >= 0.3 is 0 Å². The molecule has 1 aliphatic heterocycles. The summed E-state index contributed by atoms with van der Waals surface area (Å²) in [6.45, 7) is 8.09. The summed E-state index contributed by atoms with van der Waals surface area (Å²) in [6, 6.07) is 0.313. The molecule has 0 saturated carbocycles. The van der Waals surface area contributed by atoms with E-state index >= 15 is 0 Å². The van der Waals surface area contributed by atoms with Gasteiger partial charge in [-0.3, -0.25) is 9.48 Å². The van der Waals surface area contributed by atoms with Crippen LogP contribution in [0, 0.1) is 12.3 Å². The molecule has 0 spiro atoms. The number of carbonyl (C=O) groups excluding carboxylic acids is 1. The number of nitrogens with one attached hydrogen (secondary N) is 1. The summed E-state index contributed by atoms with van der Waals surface area (Å²) >= 11 is 0. The lowest BCUT2D eigenvalue weighted by Gasteiger charge is -2.29. The number of amides is 1. The molecule has 1 fully saturated rings. The molecule has 1 saturated heterocycles. The molecule has 0 bridgehead atoms. The topological polar surface area (TPSA) is 76.4 Å². The molecule has 23 heavy (non-hydrogen) atoms. The van der Waals surface area contributed by atoms with Gasteiger partial charge in [-0.25, -0.2) is 0 Å². The molecule has 1 amide bonds. The number of carbonyl (C=O) groups is 1. The van der Waals surface area contributed by atoms with Gasteiger partial charge in [-0.15, -0.1) is 0 Å². The zero-order chi connectivity index (χ0) is 16.9. The number of nitrogens with zero attached hydrogens (tertiary/aromatic N) is 2. The van der Waals surface area contributed by atoms with Crippen molar-refractivity contribution in [1.82, 2.24) is 15.1 Å². The van der Waals surface area contributed by atoms with Gasteiger partial charge in [-0.05, 0) is 32.6 Å². The second kappa shape index (κ2) is 7.93. The molecule has 0 atom stereocenters. The molecule has 1 aliphatic rings. The molecule has 2 rings (SSSR count). The van der Waals surface area contributed by atoms with E-state index in [0.29, 0.717) is 18.2 Å². The van der Waals surface area contributed by atoms with Crippen molar-refractivity contribution in [2.45, 2.75) is 52.5 Å². The number of aliphatic hydroxyl groups excluding tert-OH is 1. The maximum Gasteiger partial charge on any atom is 0.254 e. The van der Waals surface area contributed by atoms with Crippen molar-refractivity contribution in [2.75, 3.05) is 26.4 Å². The fourth-order valence-corrected chi connectivity index (χ4v) is 3.09. The molecule has 0 unspecified atom stereocenters. The third kappa shape index (κ3) is 3.93. The van der Waals surface area contributed by atoms with E-state index in [0.717, 1.165) is 44.6 Å². The number of ether oxygens (including phenoxy) is 1. The van der Waals surface area contributed by atoms with Crippen molar-refractivity contribution in [3.05, 3.63) is 17.5 Å². The standard InChI is InChI=1S/C17H29N3O3/c1-4-17(5-2,12-21)11-18-16(22)15-10-19-20(13(15)3)14-6-8-23-9-7-14/h10,14,21H,4-9,11-12H2,1-3H3,(H,18,22). The van der Waals surface area contributed by atoms with Crippen LogP contribution < -0.4 is 5.32 Å². The van der Waals surface area contributed by atoms with E-state index in [9.17, 15) is 9.90 Å². The van der Waals surface area contributed by atoms with Crippen molar-refractivity contribution in [1.29, 1.82) is 0 Å². The molecule has 1 aromatic rings. The lowest BCUT2D eigenvalue weighted by molar-refractivity contribution is 0.0656. The Balaban J connectivity index is 2.04. The lowest BCUT2D eigenvalue weighted by Crippen LogP contribution is -2.39. The van der Waals surface area contributed by atoms with E-state index in [4.69, 9.17) is 4.74 Å². The third-order valence-electron chi connectivity index (χ3n) is 5.29. The van der Waals surface area contributed by atoms with Gasteiger partial charge in [-0.1, -0.05) is 13.8 Å². The average Bonchev–Trinajstić information content (AvgIpc) is 2.99.